The van der Waals surface area contributed by atoms with Gasteiger partial charge < -0.3 is 5.73 Å². The first-order valence-electron chi connectivity index (χ1n) is 6.35. The van der Waals surface area contributed by atoms with Crippen molar-refractivity contribution in [1.29, 1.82) is 0 Å². The number of thioether (sulfide) groups is 1. The lowest BCUT2D eigenvalue weighted by atomic mass is 9.85. The van der Waals surface area contributed by atoms with E-state index in [1.807, 2.05) is 0 Å². The summed E-state index contributed by atoms with van der Waals surface area (Å²) in [6, 6.07) is 0. The van der Waals surface area contributed by atoms with E-state index in [1.54, 1.807) is 0 Å². The minimum atomic E-state index is 0.218. The van der Waals surface area contributed by atoms with Crippen molar-refractivity contribution in [3.8, 4) is 0 Å². The second kappa shape index (κ2) is 5.28. The minimum Gasteiger partial charge on any atom is -0.329 e. The molecule has 0 aromatic rings. The average molecular weight is 244 g/mol. The second-order valence-electron chi connectivity index (χ2n) is 6.34. The fourth-order valence-corrected chi connectivity index (χ4v) is 4.16. The molecule has 1 fully saturated rings. The van der Waals surface area contributed by atoms with E-state index in [9.17, 15) is 0 Å². The molecule has 0 spiro atoms. The minimum absolute atomic E-state index is 0.218. The number of hydrogen-bond acceptors (Lipinski definition) is 3. The molecule has 0 aromatic carbocycles. The molecule has 1 aliphatic heterocycles. The summed E-state index contributed by atoms with van der Waals surface area (Å²) in [5.74, 6) is 1.30. The van der Waals surface area contributed by atoms with Gasteiger partial charge in [-0.15, -0.1) is 0 Å². The molecule has 16 heavy (non-hydrogen) atoms. The van der Waals surface area contributed by atoms with E-state index in [0.717, 1.165) is 13.1 Å². The van der Waals surface area contributed by atoms with Crippen molar-refractivity contribution in [2.24, 2.45) is 11.1 Å². The molecule has 2 atom stereocenters. The van der Waals surface area contributed by atoms with Gasteiger partial charge in [0.2, 0.25) is 0 Å². The highest BCUT2D eigenvalue weighted by molar-refractivity contribution is 8.00. The van der Waals surface area contributed by atoms with Gasteiger partial charge in [0, 0.05) is 23.9 Å². The van der Waals surface area contributed by atoms with E-state index in [2.05, 4.69) is 51.4 Å². The maximum atomic E-state index is 6.09. The summed E-state index contributed by atoms with van der Waals surface area (Å²) in [5.41, 5.74) is 6.66. The van der Waals surface area contributed by atoms with E-state index in [1.165, 1.54) is 18.6 Å². The summed E-state index contributed by atoms with van der Waals surface area (Å²) in [4.78, 5) is 2.52. The van der Waals surface area contributed by atoms with Gasteiger partial charge in [-0.2, -0.15) is 11.8 Å². The van der Waals surface area contributed by atoms with Crippen molar-refractivity contribution in [1.82, 2.24) is 4.90 Å². The predicted octanol–water partition coefficient (Wildman–Crippen LogP) is 2.58. The Kier molecular flexibility index (Phi) is 4.73. The van der Waals surface area contributed by atoms with Gasteiger partial charge in [0.15, 0.2) is 0 Å². The fraction of sp³-hybridized carbons (Fsp3) is 1.00. The van der Waals surface area contributed by atoms with Gasteiger partial charge in [-0.1, -0.05) is 27.7 Å². The molecule has 1 rings (SSSR count). The van der Waals surface area contributed by atoms with Gasteiger partial charge in [-0.05, 0) is 31.1 Å². The number of likely N-dealkylation sites (N-methyl/N-ethyl adjacent to an activating group) is 1. The Balaban J connectivity index is 2.77. The highest BCUT2D eigenvalue weighted by atomic mass is 32.2. The van der Waals surface area contributed by atoms with Crippen molar-refractivity contribution in [3.63, 3.8) is 0 Å². The summed E-state index contributed by atoms with van der Waals surface area (Å²) < 4.78 is 0. The van der Waals surface area contributed by atoms with Gasteiger partial charge in [0.1, 0.15) is 0 Å². The summed E-state index contributed by atoms with van der Waals surface area (Å²) in [5, 5.41) is 0.651. The molecule has 1 saturated heterocycles. The molecule has 2 nitrogen and oxygen atoms in total. The van der Waals surface area contributed by atoms with E-state index in [0.29, 0.717) is 10.7 Å². The van der Waals surface area contributed by atoms with Gasteiger partial charge in [-0.25, -0.2) is 0 Å². The molecule has 1 heterocycles. The molecule has 1 aliphatic rings. The molecular formula is C13H28N2S. The molecule has 2 unspecified atom stereocenters. The molecule has 0 bridgehead atoms. The first-order valence-corrected chi connectivity index (χ1v) is 7.40. The standard InChI is InChI=1S/C13H28N2S/c1-11-13(9-14,7-6-8-16-11)15(5)10-12(2,3)4/h11H,6-10,14H2,1-5H3. The van der Waals surface area contributed by atoms with Crippen LogP contribution in [-0.4, -0.2) is 41.6 Å². The summed E-state index contributed by atoms with van der Waals surface area (Å²) in [6.45, 7) is 11.1. The zero-order valence-corrected chi connectivity index (χ0v) is 12.4. The lowest BCUT2D eigenvalue weighted by Crippen LogP contribution is -2.60. The zero-order chi connectivity index (χ0) is 12.4. The van der Waals surface area contributed by atoms with Crippen LogP contribution in [0.1, 0.15) is 40.5 Å². The molecule has 0 aliphatic carbocycles. The molecular weight excluding hydrogens is 216 g/mol. The summed E-state index contributed by atoms with van der Waals surface area (Å²) in [7, 11) is 2.25. The Morgan fingerprint density at radius 2 is 2.06 bits per heavy atom. The number of rotatable bonds is 3. The number of hydrogen-bond donors (Lipinski definition) is 1. The lowest BCUT2D eigenvalue weighted by molar-refractivity contribution is 0.0758. The molecule has 3 heteroatoms. The van der Waals surface area contributed by atoms with Crippen LogP contribution >= 0.6 is 11.8 Å². The van der Waals surface area contributed by atoms with Crippen molar-refractivity contribution in [2.75, 3.05) is 25.9 Å². The van der Waals surface area contributed by atoms with Gasteiger partial charge in [-0.3, -0.25) is 4.90 Å². The van der Waals surface area contributed by atoms with Gasteiger partial charge in [0.25, 0.3) is 0 Å². The third kappa shape index (κ3) is 3.14. The Morgan fingerprint density at radius 1 is 1.44 bits per heavy atom. The highest BCUT2D eigenvalue weighted by Gasteiger charge is 2.41. The number of nitrogens with zero attached hydrogens (tertiary/aromatic N) is 1. The van der Waals surface area contributed by atoms with Crippen LogP contribution in [0.2, 0.25) is 0 Å². The second-order valence-corrected chi connectivity index (χ2v) is 7.79. The molecule has 0 saturated carbocycles. The molecule has 0 radical (unpaired) electrons. The van der Waals surface area contributed by atoms with E-state index in [4.69, 9.17) is 5.73 Å². The maximum absolute atomic E-state index is 6.09. The Hall–Kier alpha value is 0.270. The van der Waals surface area contributed by atoms with E-state index >= 15 is 0 Å². The molecule has 0 amide bonds. The van der Waals surface area contributed by atoms with Crippen molar-refractivity contribution in [2.45, 2.75) is 51.3 Å². The smallest absolute Gasteiger partial charge is 0.0444 e. The van der Waals surface area contributed by atoms with Crippen LogP contribution in [0, 0.1) is 5.41 Å². The van der Waals surface area contributed by atoms with Crippen molar-refractivity contribution >= 4 is 11.8 Å². The quantitative estimate of drug-likeness (QED) is 0.827. The van der Waals surface area contributed by atoms with E-state index in [-0.39, 0.29) is 5.54 Å². The van der Waals surface area contributed by atoms with Crippen LogP contribution in [0.15, 0.2) is 0 Å². The molecule has 0 aromatic heterocycles. The normalized spacial score (nSPS) is 32.1. The topological polar surface area (TPSA) is 29.3 Å². The average Bonchev–Trinajstić information content (AvgIpc) is 2.16. The van der Waals surface area contributed by atoms with E-state index < -0.39 is 0 Å². The number of nitrogens with two attached hydrogens (primary N) is 1. The SMILES string of the molecule is CC1SCCCC1(CN)N(C)CC(C)(C)C. The predicted molar refractivity (Wildman–Crippen MR) is 75.0 cm³/mol. The van der Waals surface area contributed by atoms with Crippen LogP contribution in [0.3, 0.4) is 0 Å². The zero-order valence-electron chi connectivity index (χ0n) is 11.5. The Bertz CT molecular complexity index is 224. The Morgan fingerprint density at radius 3 is 2.50 bits per heavy atom. The van der Waals surface area contributed by atoms with Crippen molar-refractivity contribution in [3.05, 3.63) is 0 Å². The van der Waals surface area contributed by atoms with Crippen LogP contribution in [0.5, 0.6) is 0 Å². The third-order valence-electron chi connectivity index (χ3n) is 3.70. The lowest BCUT2D eigenvalue weighted by Gasteiger charge is -2.49. The first-order chi connectivity index (χ1) is 7.32. The maximum Gasteiger partial charge on any atom is 0.0444 e. The molecule has 96 valence electrons. The molecule has 2 N–H and O–H groups in total. The summed E-state index contributed by atoms with van der Waals surface area (Å²) >= 11 is 2.08. The monoisotopic (exact) mass is 244 g/mol. The fourth-order valence-electron chi connectivity index (χ4n) is 2.79. The van der Waals surface area contributed by atoms with Crippen LogP contribution in [-0.2, 0) is 0 Å². The third-order valence-corrected chi connectivity index (χ3v) is 5.17. The highest BCUT2D eigenvalue weighted by Crippen LogP contribution is 2.38. The Labute approximate surface area is 105 Å². The largest absolute Gasteiger partial charge is 0.329 e. The van der Waals surface area contributed by atoms with Crippen molar-refractivity contribution < 1.29 is 0 Å². The van der Waals surface area contributed by atoms with Crippen LogP contribution in [0.25, 0.3) is 0 Å². The van der Waals surface area contributed by atoms with Gasteiger partial charge in [0.05, 0.1) is 0 Å². The van der Waals surface area contributed by atoms with Gasteiger partial charge >= 0.3 is 0 Å². The van der Waals surface area contributed by atoms with Crippen LogP contribution in [0.4, 0.5) is 0 Å². The summed E-state index contributed by atoms with van der Waals surface area (Å²) in [6.07, 6.45) is 2.56. The first kappa shape index (κ1) is 14.3. The van der Waals surface area contributed by atoms with Crippen LogP contribution < -0.4 is 5.73 Å².